The average molecular weight is 553 g/mol. The van der Waals surface area contributed by atoms with E-state index in [0.29, 0.717) is 33.4 Å². The number of anilines is 1. The number of rotatable bonds is 9. The Morgan fingerprint density at radius 1 is 1.08 bits per heavy atom. The molecule has 0 saturated heterocycles. The number of halogens is 1. The van der Waals surface area contributed by atoms with Gasteiger partial charge in [-0.25, -0.2) is 13.8 Å². The number of furan rings is 1. The van der Waals surface area contributed by atoms with Crippen LogP contribution < -0.4 is 9.73 Å². The third-order valence-electron chi connectivity index (χ3n) is 5.42. The molecule has 12 heteroatoms. The van der Waals surface area contributed by atoms with Gasteiger partial charge in [-0.05, 0) is 67.1 Å². The van der Waals surface area contributed by atoms with E-state index in [-0.39, 0.29) is 10.6 Å². The zero-order valence-electron chi connectivity index (χ0n) is 19.9. The van der Waals surface area contributed by atoms with Gasteiger partial charge in [0.2, 0.25) is 0 Å². The van der Waals surface area contributed by atoms with Crippen molar-refractivity contribution in [3.05, 3.63) is 111 Å². The number of nitro groups is 1. The van der Waals surface area contributed by atoms with Gasteiger partial charge in [-0.15, -0.1) is 0 Å². The van der Waals surface area contributed by atoms with E-state index in [0.717, 1.165) is 4.31 Å². The zero-order valence-corrected chi connectivity index (χ0v) is 21.5. The standard InChI is InChI=1S/C26H21ClN4O6S/c1-18-15-20(27)9-13-24(18)30(38(35,36)23-5-3-2-4-6-23)17-26(32)29-28-16-22-12-14-25(37-22)19-7-10-21(11-8-19)31(33)34/h2-16H,17H2,1H3,(H,29,32)/b28-16-. The molecule has 1 heterocycles. The molecule has 38 heavy (non-hydrogen) atoms. The number of sulfonamides is 1. The number of carbonyl (C=O) groups is 1. The lowest BCUT2D eigenvalue weighted by Crippen LogP contribution is -2.40. The van der Waals surface area contributed by atoms with Crippen LogP contribution in [0.1, 0.15) is 11.3 Å². The van der Waals surface area contributed by atoms with E-state index >= 15 is 0 Å². The zero-order chi connectivity index (χ0) is 27.3. The van der Waals surface area contributed by atoms with Gasteiger partial charge in [-0.3, -0.25) is 19.2 Å². The maximum atomic E-state index is 13.4. The van der Waals surface area contributed by atoms with Gasteiger partial charge in [0.05, 0.1) is 21.7 Å². The van der Waals surface area contributed by atoms with Crippen LogP contribution in [0.5, 0.6) is 0 Å². The Morgan fingerprint density at radius 3 is 2.45 bits per heavy atom. The van der Waals surface area contributed by atoms with Crippen LogP contribution in [0.3, 0.4) is 0 Å². The van der Waals surface area contributed by atoms with Crippen molar-refractivity contribution in [1.82, 2.24) is 5.43 Å². The molecule has 4 aromatic rings. The van der Waals surface area contributed by atoms with E-state index < -0.39 is 27.4 Å². The maximum Gasteiger partial charge on any atom is 0.269 e. The Kier molecular flexibility index (Phi) is 7.89. The molecule has 0 aliphatic carbocycles. The predicted molar refractivity (Wildman–Crippen MR) is 144 cm³/mol. The maximum absolute atomic E-state index is 13.4. The molecule has 0 fully saturated rings. The largest absolute Gasteiger partial charge is 0.455 e. The van der Waals surface area contributed by atoms with Crippen molar-refractivity contribution in [3.8, 4) is 11.3 Å². The summed E-state index contributed by atoms with van der Waals surface area (Å²) in [6, 6.07) is 21.6. The summed E-state index contributed by atoms with van der Waals surface area (Å²) in [5.74, 6) is 0.0734. The highest BCUT2D eigenvalue weighted by Crippen LogP contribution is 2.29. The molecular weight excluding hydrogens is 532 g/mol. The molecule has 0 atom stereocenters. The molecular formula is C26H21ClN4O6S. The summed E-state index contributed by atoms with van der Waals surface area (Å²) in [4.78, 5) is 23.1. The monoisotopic (exact) mass is 552 g/mol. The average Bonchev–Trinajstić information content (AvgIpc) is 3.37. The number of non-ortho nitro benzene ring substituents is 1. The fourth-order valence-electron chi connectivity index (χ4n) is 3.58. The molecule has 0 spiro atoms. The fourth-order valence-corrected chi connectivity index (χ4v) is 5.31. The van der Waals surface area contributed by atoms with E-state index in [1.165, 1.54) is 36.5 Å². The van der Waals surface area contributed by atoms with Gasteiger partial charge in [-0.1, -0.05) is 29.8 Å². The first-order valence-corrected chi connectivity index (χ1v) is 13.0. The van der Waals surface area contributed by atoms with Crippen LogP contribution in [0, 0.1) is 17.0 Å². The minimum Gasteiger partial charge on any atom is -0.455 e. The van der Waals surface area contributed by atoms with Crippen LogP contribution >= 0.6 is 11.6 Å². The minimum atomic E-state index is -4.08. The topological polar surface area (TPSA) is 135 Å². The summed E-state index contributed by atoms with van der Waals surface area (Å²) in [5.41, 5.74) is 3.78. The first kappa shape index (κ1) is 26.6. The molecule has 4 rings (SSSR count). The highest BCUT2D eigenvalue weighted by molar-refractivity contribution is 7.92. The first-order chi connectivity index (χ1) is 18.1. The molecule has 3 aromatic carbocycles. The number of nitrogens with zero attached hydrogens (tertiary/aromatic N) is 3. The van der Waals surface area contributed by atoms with Crippen molar-refractivity contribution >= 4 is 45.1 Å². The Balaban J connectivity index is 1.49. The highest BCUT2D eigenvalue weighted by atomic mass is 35.5. The van der Waals surface area contributed by atoms with E-state index in [1.807, 2.05) is 0 Å². The second-order valence-corrected chi connectivity index (χ2v) is 10.4. The van der Waals surface area contributed by atoms with Crippen molar-refractivity contribution in [2.75, 3.05) is 10.8 Å². The lowest BCUT2D eigenvalue weighted by atomic mass is 10.1. The summed E-state index contributed by atoms with van der Waals surface area (Å²) in [5, 5.41) is 15.1. The van der Waals surface area contributed by atoms with Gasteiger partial charge >= 0.3 is 0 Å². The summed E-state index contributed by atoms with van der Waals surface area (Å²) < 4.78 is 33.5. The van der Waals surface area contributed by atoms with Crippen molar-refractivity contribution in [2.24, 2.45) is 5.10 Å². The molecule has 0 bridgehead atoms. The normalized spacial score (nSPS) is 11.4. The van der Waals surface area contributed by atoms with Gasteiger partial charge in [0, 0.05) is 22.7 Å². The summed E-state index contributed by atoms with van der Waals surface area (Å²) in [6.07, 6.45) is 1.26. The van der Waals surface area contributed by atoms with Crippen molar-refractivity contribution in [1.29, 1.82) is 0 Å². The van der Waals surface area contributed by atoms with Crippen molar-refractivity contribution in [2.45, 2.75) is 11.8 Å². The number of hydrogen-bond donors (Lipinski definition) is 1. The molecule has 0 aliphatic rings. The molecule has 0 aliphatic heterocycles. The van der Waals surface area contributed by atoms with Crippen LogP contribution in [0.2, 0.25) is 5.02 Å². The quantitative estimate of drug-likeness (QED) is 0.173. The summed E-state index contributed by atoms with van der Waals surface area (Å²) in [7, 11) is -4.08. The first-order valence-electron chi connectivity index (χ1n) is 11.2. The van der Waals surface area contributed by atoms with E-state index in [2.05, 4.69) is 10.5 Å². The Hall–Kier alpha value is -4.48. The van der Waals surface area contributed by atoms with Crippen molar-refractivity contribution in [3.63, 3.8) is 0 Å². The van der Waals surface area contributed by atoms with Crippen LogP contribution in [0.4, 0.5) is 11.4 Å². The number of benzene rings is 3. The van der Waals surface area contributed by atoms with Gasteiger partial charge in [0.1, 0.15) is 18.1 Å². The molecule has 10 nitrogen and oxygen atoms in total. The van der Waals surface area contributed by atoms with Crippen LogP contribution in [-0.2, 0) is 14.8 Å². The number of nitrogens with one attached hydrogen (secondary N) is 1. The molecule has 1 aromatic heterocycles. The Bertz CT molecular complexity index is 1600. The number of aryl methyl sites for hydroxylation is 1. The van der Waals surface area contributed by atoms with E-state index in [4.69, 9.17) is 16.0 Å². The fraction of sp³-hybridized carbons (Fsp3) is 0.0769. The molecule has 1 amide bonds. The van der Waals surface area contributed by atoms with Gasteiger partial charge in [-0.2, -0.15) is 5.10 Å². The molecule has 0 unspecified atom stereocenters. The summed E-state index contributed by atoms with van der Waals surface area (Å²) >= 11 is 6.04. The minimum absolute atomic E-state index is 0.0278. The van der Waals surface area contributed by atoms with E-state index in [9.17, 15) is 23.3 Å². The Labute approximate surface area is 223 Å². The van der Waals surface area contributed by atoms with Crippen LogP contribution in [0.25, 0.3) is 11.3 Å². The van der Waals surface area contributed by atoms with Crippen LogP contribution in [0.15, 0.2) is 99.3 Å². The number of amides is 1. The predicted octanol–water partition coefficient (Wildman–Crippen LogP) is 5.16. The van der Waals surface area contributed by atoms with Gasteiger partial charge in [0.15, 0.2) is 0 Å². The smallest absolute Gasteiger partial charge is 0.269 e. The molecule has 194 valence electrons. The number of hydrogen-bond acceptors (Lipinski definition) is 7. The van der Waals surface area contributed by atoms with E-state index in [1.54, 1.807) is 61.5 Å². The lowest BCUT2D eigenvalue weighted by molar-refractivity contribution is -0.384. The third-order valence-corrected chi connectivity index (χ3v) is 7.43. The third kappa shape index (κ3) is 6.07. The molecule has 1 N–H and O–H groups in total. The van der Waals surface area contributed by atoms with Gasteiger partial charge < -0.3 is 4.42 Å². The van der Waals surface area contributed by atoms with Gasteiger partial charge in [0.25, 0.3) is 21.6 Å². The van der Waals surface area contributed by atoms with Crippen molar-refractivity contribution < 1.29 is 22.6 Å². The number of carbonyl (C=O) groups excluding carboxylic acids is 1. The number of nitro benzene ring substituents is 1. The summed E-state index contributed by atoms with van der Waals surface area (Å²) in [6.45, 7) is 1.16. The molecule has 0 radical (unpaired) electrons. The Morgan fingerprint density at radius 2 is 1.79 bits per heavy atom. The second kappa shape index (κ2) is 11.3. The van der Waals surface area contributed by atoms with Crippen LogP contribution in [-0.4, -0.2) is 32.0 Å². The second-order valence-electron chi connectivity index (χ2n) is 8.05. The SMILES string of the molecule is Cc1cc(Cl)ccc1N(CC(=O)N/N=C\c1ccc(-c2ccc([N+](=O)[O-])cc2)o1)S(=O)(=O)c1ccccc1. The molecule has 0 saturated carbocycles. The number of hydrazone groups is 1. The highest BCUT2D eigenvalue weighted by Gasteiger charge is 2.28. The lowest BCUT2D eigenvalue weighted by Gasteiger charge is -2.25.